The SMILES string of the molecule is CC(NCCCN1CCOCC1)C1CCOC1. The first-order valence-electron chi connectivity index (χ1n) is 6.97. The molecule has 2 fully saturated rings. The molecule has 4 heteroatoms. The number of nitrogens with zero attached hydrogens (tertiary/aromatic N) is 1. The molecule has 0 spiro atoms. The van der Waals surface area contributed by atoms with E-state index in [1.807, 2.05) is 0 Å². The van der Waals surface area contributed by atoms with Crippen molar-refractivity contribution in [3.8, 4) is 0 Å². The maximum absolute atomic E-state index is 5.42. The number of hydrogen-bond acceptors (Lipinski definition) is 4. The Bertz CT molecular complexity index is 202. The summed E-state index contributed by atoms with van der Waals surface area (Å²) in [7, 11) is 0. The summed E-state index contributed by atoms with van der Waals surface area (Å²) in [5.41, 5.74) is 0. The summed E-state index contributed by atoms with van der Waals surface area (Å²) in [5, 5.41) is 3.63. The molecule has 2 aliphatic rings. The highest BCUT2D eigenvalue weighted by Gasteiger charge is 2.21. The Morgan fingerprint density at radius 2 is 2.06 bits per heavy atom. The lowest BCUT2D eigenvalue weighted by Crippen LogP contribution is -2.39. The minimum absolute atomic E-state index is 0.599. The van der Waals surface area contributed by atoms with Crippen LogP contribution in [0.15, 0.2) is 0 Å². The molecule has 0 aromatic rings. The van der Waals surface area contributed by atoms with E-state index in [1.54, 1.807) is 0 Å². The van der Waals surface area contributed by atoms with Crippen molar-refractivity contribution in [2.45, 2.75) is 25.8 Å². The van der Waals surface area contributed by atoms with Crippen LogP contribution < -0.4 is 5.32 Å². The quantitative estimate of drug-likeness (QED) is 0.696. The van der Waals surface area contributed by atoms with Gasteiger partial charge in [-0.25, -0.2) is 0 Å². The fraction of sp³-hybridized carbons (Fsp3) is 1.00. The molecule has 2 atom stereocenters. The van der Waals surface area contributed by atoms with Gasteiger partial charge in [-0.3, -0.25) is 4.90 Å². The number of hydrogen-bond donors (Lipinski definition) is 1. The molecular weight excluding hydrogens is 216 g/mol. The second-order valence-corrected chi connectivity index (χ2v) is 5.17. The summed E-state index contributed by atoms with van der Waals surface area (Å²) >= 11 is 0. The van der Waals surface area contributed by atoms with Crippen LogP contribution in [0.4, 0.5) is 0 Å². The largest absolute Gasteiger partial charge is 0.381 e. The van der Waals surface area contributed by atoms with Gasteiger partial charge in [0.1, 0.15) is 0 Å². The molecule has 1 N–H and O–H groups in total. The van der Waals surface area contributed by atoms with Gasteiger partial charge in [-0.2, -0.15) is 0 Å². The third-order valence-electron chi connectivity index (χ3n) is 3.89. The maximum atomic E-state index is 5.42. The third kappa shape index (κ3) is 4.54. The van der Waals surface area contributed by atoms with Crippen molar-refractivity contribution in [2.75, 3.05) is 52.6 Å². The summed E-state index contributed by atoms with van der Waals surface area (Å²) in [6.45, 7) is 10.5. The lowest BCUT2D eigenvalue weighted by atomic mass is 10.0. The molecule has 100 valence electrons. The molecule has 0 aliphatic carbocycles. The van der Waals surface area contributed by atoms with Crippen LogP contribution in [-0.2, 0) is 9.47 Å². The first kappa shape index (κ1) is 13.3. The topological polar surface area (TPSA) is 33.7 Å². The van der Waals surface area contributed by atoms with Crippen LogP contribution in [0.3, 0.4) is 0 Å². The first-order chi connectivity index (χ1) is 8.36. The van der Waals surface area contributed by atoms with Gasteiger partial charge >= 0.3 is 0 Å². The Labute approximate surface area is 105 Å². The van der Waals surface area contributed by atoms with Crippen LogP contribution in [0.1, 0.15) is 19.8 Å². The predicted octanol–water partition coefficient (Wildman–Crippen LogP) is 0.723. The van der Waals surface area contributed by atoms with Gasteiger partial charge in [0, 0.05) is 25.7 Å². The Morgan fingerprint density at radius 3 is 2.76 bits per heavy atom. The second-order valence-electron chi connectivity index (χ2n) is 5.17. The molecule has 17 heavy (non-hydrogen) atoms. The van der Waals surface area contributed by atoms with Gasteiger partial charge in [-0.1, -0.05) is 0 Å². The van der Waals surface area contributed by atoms with Gasteiger partial charge in [-0.15, -0.1) is 0 Å². The van der Waals surface area contributed by atoms with Gasteiger partial charge in [0.15, 0.2) is 0 Å². The highest BCUT2D eigenvalue weighted by molar-refractivity contribution is 4.75. The lowest BCUT2D eigenvalue weighted by Gasteiger charge is -2.27. The Morgan fingerprint density at radius 1 is 1.24 bits per heavy atom. The highest BCUT2D eigenvalue weighted by atomic mass is 16.5. The summed E-state index contributed by atoms with van der Waals surface area (Å²) < 4.78 is 10.8. The van der Waals surface area contributed by atoms with Crippen LogP contribution >= 0.6 is 0 Å². The minimum atomic E-state index is 0.599. The van der Waals surface area contributed by atoms with Crippen molar-refractivity contribution in [2.24, 2.45) is 5.92 Å². The van der Waals surface area contributed by atoms with Crippen molar-refractivity contribution in [1.29, 1.82) is 0 Å². The molecule has 0 radical (unpaired) electrons. The van der Waals surface area contributed by atoms with Crippen LogP contribution in [-0.4, -0.2) is 63.5 Å². The van der Waals surface area contributed by atoms with Crippen molar-refractivity contribution in [1.82, 2.24) is 10.2 Å². The molecule has 0 amide bonds. The predicted molar refractivity (Wildman–Crippen MR) is 68.3 cm³/mol. The molecule has 2 heterocycles. The Hall–Kier alpha value is -0.160. The molecule has 0 aromatic carbocycles. The normalized spacial score (nSPS) is 28.4. The number of morpholine rings is 1. The smallest absolute Gasteiger partial charge is 0.0594 e. The van der Waals surface area contributed by atoms with Gasteiger partial charge in [0.05, 0.1) is 19.8 Å². The summed E-state index contributed by atoms with van der Waals surface area (Å²) in [5.74, 6) is 0.721. The average molecular weight is 242 g/mol. The maximum Gasteiger partial charge on any atom is 0.0594 e. The van der Waals surface area contributed by atoms with Gasteiger partial charge < -0.3 is 14.8 Å². The highest BCUT2D eigenvalue weighted by Crippen LogP contribution is 2.16. The number of ether oxygens (including phenoxy) is 2. The summed E-state index contributed by atoms with van der Waals surface area (Å²) in [4.78, 5) is 2.49. The molecule has 0 saturated carbocycles. The summed E-state index contributed by atoms with van der Waals surface area (Å²) in [6, 6.07) is 0.599. The third-order valence-corrected chi connectivity index (χ3v) is 3.89. The van der Waals surface area contributed by atoms with E-state index in [9.17, 15) is 0 Å². The number of rotatable bonds is 6. The fourth-order valence-corrected chi connectivity index (χ4v) is 2.57. The van der Waals surface area contributed by atoms with E-state index in [2.05, 4.69) is 17.1 Å². The van der Waals surface area contributed by atoms with Crippen LogP contribution in [0.2, 0.25) is 0 Å². The molecule has 2 rings (SSSR count). The Kier molecular flexibility index (Phi) is 5.71. The van der Waals surface area contributed by atoms with Gasteiger partial charge in [0.25, 0.3) is 0 Å². The molecule has 2 unspecified atom stereocenters. The zero-order valence-electron chi connectivity index (χ0n) is 11.0. The number of nitrogens with one attached hydrogen (secondary N) is 1. The molecule has 2 aliphatic heterocycles. The van der Waals surface area contributed by atoms with Crippen LogP contribution in [0, 0.1) is 5.92 Å². The van der Waals surface area contributed by atoms with Gasteiger partial charge in [-0.05, 0) is 38.8 Å². The van der Waals surface area contributed by atoms with E-state index >= 15 is 0 Å². The van der Waals surface area contributed by atoms with E-state index in [-0.39, 0.29) is 0 Å². The van der Waals surface area contributed by atoms with E-state index in [4.69, 9.17) is 9.47 Å². The standard InChI is InChI=1S/C13H26N2O2/c1-12(13-3-8-17-11-13)14-4-2-5-15-6-9-16-10-7-15/h12-14H,2-11H2,1H3. The summed E-state index contributed by atoms with van der Waals surface area (Å²) in [6.07, 6.45) is 2.45. The van der Waals surface area contributed by atoms with Crippen LogP contribution in [0.5, 0.6) is 0 Å². The molecule has 0 bridgehead atoms. The van der Waals surface area contributed by atoms with E-state index in [1.165, 1.54) is 19.4 Å². The second kappa shape index (κ2) is 7.31. The fourth-order valence-electron chi connectivity index (χ4n) is 2.57. The van der Waals surface area contributed by atoms with Crippen LogP contribution in [0.25, 0.3) is 0 Å². The zero-order chi connectivity index (χ0) is 11.9. The van der Waals surface area contributed by atoms with Crippen molar-refractivity contribution in [3.05, 3.63) is 0 Å². The monoisotopic (exact) mass is 242 g/mol. The van der Waals surface area contributed by atoms with E-state index < -0.39 is 0 Å². The average Bonchev–Trinajstić information content (AvgIpc) is 2.89. The molecule has 4 nitrogen and oxygen atoms in total. The first-order valence-corrected chi connectivity index (χ1v) is 6.97. The van der Waals surface area contributed by atoms with Gasteiger partial charge in [0.2, 0.25) is 0 Å². The lowest BCUT2D eigenvalue weighted by molar-refractivity contribution is 0.0373. The van der Waals surface area contributed by atoms with E-state index in [0.29, 0.717) is 6.04 Å². The molecule has 0 aromatic heterocycles. The molecule has 2 saturated heterocycles. The zero-order valence-corrected chi connectivity index (χ0v) is 11.0. The van der Waals surface area contributed by atoms with Crippen molar-refractivity contribution < 1.29 is 9.47 Å². The van der Waals surface area contributed by atoms with E-state index in [0.717, 1.165) is 52.0 Å². The minimum Gasteiger partial charge on any atom is -0.381 e. The molecular formula is C13H26N2O2. The Balaban J connectivity index is 1.50. The van der Waals surface area contributed by atoms with Crippen molar-refractivity contribution in [3.63, 3.8) is 0 Å². The van der Waals surface area contributed by atoms with Crippen molar-refractivity contribution >= 4 is 0 Å².